The number of H-pyrrole nitrogens is 1. The number of rotatable bonds is 6. The average Bonchev–Trinajstić information content (AvgIpc) is 3.02. The van der Waals surface area contributed by atoms with Gasteiger partial charge in [-0.05, 0) is 31.7 Å². The van der Waals surface area contributed by atoms with Gasteiger partial charge < -0.3 is 14.6 Å². The fraction of sp³-hybridized carbons (Fsp3) is 0.647. The van der Waals surface area contributed by atoms with Crippen LogP contribution in [0.15, 0.2) is 18.6 Å². The molecule has 1 unspecified atom stereocenters. The van der Waals surface area contributed by atoms with E-state index in [0.29, 0.717) is 12.0 Å². The number of nitrogens with zero attached hydrogens (tertiary/aromatic N) is 4. The summed E-state index contributed by atoms with van der Waals surface area (Å²) in [6.07, 6.45) is 5.62. The highest BCUT2D eigenvalue weighted by Crippen LogP contribution is 2.36. The summed E-state index contributed by atoms with van der Waals surface area (Å²) in [5.74, 6) is 2.24. The van der Waals surface area contributed by atoms with Crippen LogP contribution in [-0.2, 0) is 15.7 Å². The van der Waals surface area contributed by atoms with Crippen molar-refractivity contribution in [1.29, 1.82) is 0 Å². The topological polar surface area (TPSA) is 74.3 Å². The standard InChI is InChI=1S/C17H25N5O2S/c1-17(24-3)9-22(10-17)25(23)8-12-6-13(7-12)21(2)16-14-4-5-18-15(14)19-11-20-16/h4-5,11-13H,6-10H2,1-3H3,(H,18,19,20). The van der Waals surface area contributed by atoms with Gasteiger partial charge in [0.1, 0.15) is 17.8 Å². The lowest BCUT2D eigenvalue weighted by Crippen LogP contribution is -2.62. The van der Waals surface area contributed by atoms with Gasteiger partial charge in [-0.25, -0.2) is 18.5 Å². The zero-order chi connectivity index (χ0) is 17.6. The maximum atomic E-state index is 12.5. The molecule has 4 rings (SSSR count). The molecule has 1 atom stereocenters. The summed E-state index contributed by atoms with van der Waals surface area (Å²) in [6.45, 7) is 3.59. The molecule has 0 radical (unpaired) electrons. The van der Waals surface area contributed by atoms with E-state index in [1.54, 1.807) is 13.4 Å². The number of aromatic nitrogens is 3. The third kappa shape index (κ3) is 3.07. The van der Waals surface area contributed by atoms with Crippen LogP contribution in [0, 0.1) is 5.92 Å². The normalized spacial score (nSPS) is 26.8. The van der Waals surface area contributed by atoms with Crippen molar-refractivity contribution in [3.63, 3.8) is 0 Å². The Kier molecular flexibility index (Phi) is 4.29. The second-order valence-corrected chi connectivity index (χ2v) is 8.97. The van der Waals surface area contributed by atoms with E-state index in [9.17, 15) is 4.21 Å². The Labute approximate surface area is 150 Å². The Morgan fingerprint density at radius 3 is 2.92 bits per heavy atom. The van der Waals surface area contributed by atoms with E-state index in [1.807, 2.05) is 16.6 Å². The van der Waals surface area contributed by atoms with E-state index in [0.717, 1.165) is 48.5 Å². The van der Waals surface area contributed by atoms with Gasteiger partial charge in [0.25, 0.3) is 0 Å². The molecule has 0 spiro atoms. The van der Waals surface area contributed by atoms with Gasteiger partial charge in [0, 0.05) is 45.2 Å². The Hall–Kier alpha value is -1.51. The number of ether oxygens (including phenoxy) is 1. The monoisotopic (exact) mass is 363 g/mol. The summed E-state index contributed by atoms with van der Waals surface area (Å²) in [5.41, 5.74) is 0.750. The number of anilines is 1. The highest BCUT2D eigenvalue weighted by molar-refractivity contribution is 7.82. The van der Waals surface area contributed by atoms with Crippen molar-refractivity contribution in [2.75, 3.05) is 37.9 Å². The molecular weight excluding hydrogens is 338 g/mol. The van der Waals surface area contributed by atoms with Gasteiger partial charge in [-0.1, -0.05) is 0 Å². The largest absolute Gasteiger partial charge is 0.376 e. The number of hydrogen-bond acceptors (Lipinski definition) is 5. The van der Waals surface area contributed by atoms with Crippen LogP contribution in [0.25, 0.3) is 11.0 Å². The summed E-state index contributed by atoms with van der Waals surface area (Å²) in [6, 6.07) is 2.47. The maximum absolute atomic E-state index is 12.5. The quantitative estimate of drug-likeness (QED) is 0.843. The third-order valence-electron chi connectivity index (χ3n) is 5.61. The summed E-state index contributed by atoms with van der Waals surface area (Å²) in [7, 11) is 2.92. The lowest BCUT2D eigenvalue weighted by Gasteiger charge is -2.47. The molecule has 1 saturated carbocycles. The molecule has 3 heterocycles. The highest BCUT2D eigenvalue weighted by atomic mass is 32.2. The van der Waals surface area contributed by atoms with Crippen LogP contribution < -0.4 is 4.90 Å². The van der Waals surface area contributed by atoms with Crippen molar-refractivity contribution in [3.05, 3.63) is 18.6 Å². The fourth-order valence-electron chi connectivity index (χ4n) is 3.75. The smallest absolute Gasteiger partial charge is 0.142 e. The van der Waals surface area contributed by atoms with E-state index < -0.39 is 11.0 Å². The molecule has 1 aliphatic heterocycles. The lowest BCUT2D eigenvalue weighted by atomic mass is 9.81. The minimum absolute atomic E-state index is 0.118. The summed E-state index contributed by atoms with van der Waals surface area (Å²) in [5, 5.41) is 1.05. The first-order valence-electron chi connectivity index (χ1n) is 8.68. The molecule has 2 aromatic heterocycles. The predicted molar refractivity (Wildman–Crippen MR) is 98.8 cm³/mol. The molecule has 136 valence electrons. The Balaban J connectivity index is 1.30. The minimum Gasteiger partial charge on any atom is -0.376 e. The molecule has 1 saturated heterocycles. The van der Waals surface area contributed by atoms with E-state index in [4.69, 9.17) is 4.74 Å². The van der Waals surface area contributed by atoms with Gasteiger partial charge in [-0.15, -0.1) is 0 Å². The van der Waals surface area contributed by atoms with Gasteiger partial charge in [-0.2, -0.15) is 0 Å². The maximum Gasteiger partial charge on any atom is 0.142 e. The zero-order valence-electron chi connectivity index (χ0n) is 14.9. The fourth-order valence-corrected chi connectivity index (χ4v) is 5.47. The third-order valence-corrected chi connectivity index (χ3v) is 7.20. The van der Waals surface area contributed by atoms with E-state index in [-0.39, 0.29) is 5.60 Å². The summed E-state index contributed by atoms with van der Waals surface area (Å²) >= 11 is 0. The van der Waals surface area contributed by atoms with Gasteiger partial charge in [0.15, 0.2) is 0 Å². The molecule has 25 heavy (non-hydrogen) atoms. The lowest BCUT2D eigenvalue weighted by molar-refractivity contribution is -0.0752. The number of aromatic amines is 1. The van der Waals surface area contributed by atoms with Crippen LogP contribution in [0.5, 0.6) is 0 Å². The second-order valence-electron chi connectivity index (χ2n) is 7.48. The van der Waals surface area contributed by atoms with Crippen LogP contribution in [0.1, 0.15) is 19.8 Å². The van der Waals surface area contributed by atoms with Crippen molar-refractivity contribution in [2.45, 2.75) is 31.4 Å². The molecule has 1 N–H and O–H groups in total. The Morgan fingerprint density at radius 2 is 2.20 bits per heavy atom. The van der Waals surface area contributed by atoms with Crippen molar-refractivity contribution >= 4 is 27.8 Å². The Morgan fingerprint density at radius 1 is 1.44 bits per heavy atom. The highest BCUT2D eigenvalue weighted by Gasteiger charge is 2.43. The summed E-state index contributed by atoms with van der Waals surface area (Å²) < 4.78 is 19.9. The van der Waals surface area contributed by atoms with Gasteiger partial charge in [-0.3, -0.25) is 0 Å². The van der Waals surface area contributed by atoms with E-state index in [2.05, 4.69) is 33.8 Å². The predicted octanol–water partition coefficient (Wildman–Crippen LogP) is 1.56. The van der Waals surface area contributed by atoms with E-state index in [1.165, 1.54) is 0 Å². The van der Waals surface area contributed by atoms with Crippen LogP contribution in [0.4, 0.5) is 5.82 Å². The van der Waals surface area contributed by atoms with Crippen LogP contribution >= 0.6 is 0 Å². The molecule has 2 aliphatic rings. The number of nitrogens with one attached hydrogen (secondary N) is 1. The Bertz CT molecular complexity index is 782. The van der Waals surface area contributed by atoms with E-state index >= 15 is 0 Å². The zero-order valence-corrected chi connectivity index (χ0v) is 15.8. The van der Waals surface area contributed by atoms with Crippen LogP contribution in [0.3, 0.4) is 0 Å². The molecule has 0 aromatic carbocycles. The summed E-state index contributed by atoms with van der Waals surface area (Å²) in [4.78, 5) is 14.1. The molecule has 2 fully saturated rings. The van der Waals surface area contributed by atoms with Crippen molar-refractivity contribution in [1.82, 2.24) is 19.3 Å². The molecule has 2 aromatic rings. The number of fused-ring (bicyclic) bond motifs is 1. The average molecular weight is 363 g/mol. The molecule has 0 amide bonds. The van der Waals surface area contributed by atoms with Crippen LogP contribution in [-0.4, -0.2) is 68.1 Å². The first-order valence-corrected chi connectivity index (χ1v) is 9.96. The van der Waals surface area contributed by atoms with Gasteiger partial charge in [0.05, 0.1) is 22.0 Å². The van der Waals surface area contributed by atoms with Gasteiger partial charge in [0.2, 0.25) is 0 Å². The van der Waals surface area contributed by atoms with Crippen LogP contribution in [0.2, 0.25) is 0 Å². The first-order chi connectivity index (χ1) is 12.0. The second kappa shape index (κ2) is 6.34. The number of hydrogen-bond donors (Lipinski definition) is 1. The van der Waals surface area contributed by atoms with Gasteiger partial charge >= 0.3 is 0 Å². The first kappa shape index (κ1) is 16.9. The molecular formula is C17H25N5O2S. The minimum atomic E-state index is -0.889. The molecule has 7 nitrogen and oxygen atoms in total. The molecule has 1 aliphatic carbocycles. The molecule has 8 heteroatoms. The van der Waals surface area contributed by atoms with Crippen molar-refractivity contribution in [3.8, 4) is 0 Å². The van der Waals surface area contributed by atoms with Crippen molar-refractivity contribution < 1.29 is 8.95 Å². The molecule has 0 bridgehead atoms. The number of methoxy groups -OCH3 is 1. The SMILES string of the molecule is COC1(C)CN(S(=O)CC2CC(N(C)c3ncnc4[nH]ccc34)C2)C1. The van der Waals surface area contributed by atoms with Crippen molar-refractivity contribution in [2.24, 2.45) is 5.92 Å².